The molecule has 0 aliphatic heterocycles. The van der Waals surface area contributed by atoms with Crippen LogP contribution >= 0.6 is 15.9 Å². The molecule has 0 aromatic carbocycles. The van der Waals surface area contributed by atoms with Gasteiger partial charge in [0, 0.05) is 14.2 Å². The van der Waals surface area contributed by atoms with E-state index in [2.05, 4.69) is 26.2 Å². The molecular weight excluding hydrogens is 274 g/mol. The molecule has 90 valence electrons. The first kappa shape index (κ1) is 12.0. The van der Waals surface area contributed by atoms with Gasteiger partial charge in [-0.1, -0.05) is 18.1 Å². The van der Waals surface area contributed by atoms with E-state index in [0.29, 0.717) is 10.3 Å². The highest BCUT2D eigenvalue weighted by Crippen LogP contribution is 2.43. The number of ether oxygens (including phenoxy) is 1. The van der Waals surface area contributed by atoms with Gasteiger partial charge in [0.1, 0.15) is 11.8 Å². The van der Waals surface area contributed by atoms with E-state index < -0.39 is 11.7 Å². The van der Waals surface area contributed by atoms with E-state index in [1.165, 1.54) is 0 Å². The maximum atomic E-state index is 10.5. The summed E-state index contributed by atoms with van der Waals surface area (Å²) in [7, 11) is 3.43. The van der Waals surface area contributed by atoms with Crippen LogP contribution in [0, 0.1) is 0 Å². The summed E-state index contributed by atoms with van der Waals surface area (Å²) in [5, 5.41) is 18.2. The molecule has 0 saturated heterocycles. The third-order valence-electron chi connectivity index (χ3n) is 3.44. The van der Waals surface area contributed by atoms with Gasteiger partial charge in [-0.15, -0.1) is 5.10 Å². The first-order chi connectivity index (χ1) is 7.60. The van der Waals surface area contributed by atoms with Crippen molar-refractivity contribution in [2.45, 2.75) is 37.4 Å². The molecule has 6 heteroatoms. The summed E-state index contributed by atoms with van der Waals surface area (Å²) in [5.41, 5.74) is 0.210. The average molecular weight is 290 g/mol. The molecule has 0 bridgehead atoms. The summed E-state index contributed by atoms with van der Waals surface area (Å²) < 4.78 is 7.73. The van der Waals surface area contributed by atoms with Gasteiger partial charge in [0.15, 0.2) is 4.60 Å². The molecular formula is C10H16BrN3O2. The van der Waals surface area contributed by atoms with Crippen LogP contribution in [0.25, 0.3) is 0 Å². The van der Waals surface area contributed by atoms with Crippen molar-refractivity contribution >= 4 is 15.9 Å². The lowest BCUT2D eigenvalue weighted by molar-refractivity contribution is -0.103. The Balaban J connectivity index is 2.33. The zero-order valence-electron chi connectivity index (χ0n) is 9.48. The van der Waals surface area contributed by atoms with Crippen LogP contribution < -0.4 is 0 Å². The highest BCUT2D eigenvalue weighted by Gasteiger charge is 2.43. The fourth-order valence-corrected chi connectivity index (χ4v) is 2.99. The van der Waals surface area contributed by atoms with Crippen molar-refractivity contribution in [1.29, 1.82) is 0 Å². The highest BCUT2D eigenvalue weighted by molar-refractivity contribution is 9.10. The first-order valence-corrected chi connectivity index (χ1v) is 6.18. The smallest absolute Gasteiger partial charge is 0.154 e. The molecule has 0 amide bonds. The number of nitrogens with zero attached hydrogens (tertiary/aromatic N) is 3. The molecule has 16 heavy (non-hydrogen) atoms. The van der Waals surface area contributed by atoms with Crippen LogP contribution in [0.3, 0.4) is 0 Å². The van der Waals surface area contributed by atoms with Gasteiger partial charge in [-0.05, 0) is 28.8 Å². The van der Waals surface area contributed by atoms with Crippen molar-refractivity contribution in [2.24, 2.45) is 7.05 Å². The molecule has 1 aromatic rings. The second-order valence-electron chi connectivity index (χ2n) is 4.27. The first-order valence-electron chi connectivity index (χ1n) is 5.39. The van der Waals surface area contributed by atoms with E-state index in [-0.39, 0.29) is 0 Å². The lowest BCUT2D eigenvalue weighted by atomic mass is 9.92. The minimum Gasteiger partial charge on any atom is -0.384 e. The maximum absolute atomic E-state index is 10.5. The van der Waals surface area contributed by atoms with Gasteiger partial charge >= 0.3 is 0 Å². The average Bonchev–Trinajstić information content (AvgIpc) is 2.86. The Morgan fingerprint density at radius 3 is 2.56 bits per heavy atom. The summed E-state index contributed by atoms with van der Waals surface area (Å²) in [6.45, 7) is 0. The Morgan fingerprint density at radius 1 is 1.50 bits per heavy atom. The van der Waals surface area contributed by atoms with E-state index in [1.807, 2.05) is 0 Å². The van der Waals surface area contributed by atoms with Gasteiger partial charge in [0.05, 0.1) is 5.60 Å². The van der Waals surface area contributed by atoms with Gasteiger partial charge < -0.3 is 9.84 Å². The third-order valence-corrected chi connectivity index (χ3v) is 4.01. The van der Waals surface area contributed by atoms with E-state index >= 15 is 0 Å². The Hall–Kier alpha value is -0.460. The maximum Gasteiger partial charge on any atom is 0.154 e. The minimum atomic E-state index is -0.686. The van der Waals surface area contributed by atoms with Crippen molar-refractivity contribution < 1.29 is 9.84 Å². The number of halogens is 1. The molecule has 1 N–H and O–H groups in total. The minimum absolute atomic E-state index is 0.474. The van der Waals surface area contributed by atoms with Crippen molar-refractivity contribution in [1.82, 2.24) is 15.0 Å². The number of aliphatic hydroxyl groups is 1. The SMILES string of the molecule is COC1(C(O)c2c(Br)nnn2C)CCCC1. The molecule has 2 rings (SSSR count). The molecule has 1 aromatic heterocycles. The molecule has 1 heterocycles. The second-order valence-corrected chi connectivity index (χ2v) is 5.02. The van der Waals surface area contributed by atoms with Gasteiger partial charge in [-0.25, -0.2) is 4.68 Å². The Labute approximate surface area is 103 Å². The van der Waals surface area contributed by atoms with Crippen molar-refractivity contribution in [3.63, 3.8) is 0 Å². The molecule has 1 unspecified atom stereocenters. The van der Waals surface area contributed by atoms with Crippen LogP contribution in [0.5, 0.6) is 0 Å². The molecule has 0 spiro atoms. The van der Waals surface area contributed by atoms with Crippen LogP contribution in [-0.4, -0.2) is 32.8 Å². The van der Waals surface area contributed by atoms with Crippen molar-refractivity contribution in [3.05, 3.63) is 10.3 Å². The molecule has 1 atom stereocenters. The quantitative estimate of drug-likeness (QED) is 0.918. The number of hydrogen-bond donors (Lipinski definition) is 1. The Kier molecular flexibility index (Phi) is 3.32. The number of aryl methyl sites for hydroxylation is 1. The highest BCUT2D eigenvalue weighted by atomic mass is 79.9. The number of hydrogen-bond acceptors (Lipinski definition) is 4. The second kappa shape index (κ2) is 4.43. The van der Waals surface area contributed by atoms with Crippen LogP contribution in [0.2, 0.25) is 0 Å². The summed E-state index contributed by atoms with van der Waals surface area (Å²) in [6.07, 6.45) is 3.25. The number of aliphatic hydroxyl groups excluding tert-OH is 1. The standard InChI is InChI=1S/C10H16BrN3O2/c1-14-7(9(11)12-13-14)8(15)10(16-2)5-3-4-6-10/h8,15H,3-6H2,1-2H3. The van der Waals surface area contributed by atoms with Crippen LogP contribution in [0.1, 0.15) is 37.5 Å². The third kappa shape index (κ3) is 1.78. The van der Waals surface area contributed by atoms with Gasteiger partial charge in [-0.2, -0.15) is 0 Å². The topological polar surface area (TPSA) is 60.2 Å². The van der Waals surface area contributed by atoms with Gasteiger partial charge in [-0.3, -0.25) is 0 Å². The monoisotopic (exact) mass is 289 g/mol. The van der Waals surface area contributed by atoms with Gasteiger partial charge in [0.2, 0.25) is 0 Å². The molecule has 1 fully saturated rings. The van der Waals surface area contributed by atoms with E-state index in [4.69, 9.17) is 4.74 Å². The fourth-order valence-electron chi connectivity index (χ4n) is 2.44. The fraction of sp³-hybridized carbons (Fsp3) is 0.800. The molecule has 5 nitrogen and oxygen atoms in total. The predicted molar refractivity (Wildman–Crippen MR) is 61.9 cm³/mol. The van der Waals surface area contributed by atoms with Crippen molar-refractivity contribution in [2.75, 3.05) is 7.11 Å². The molecule has 0 radical (unpaired) electrons. The molecule has 1 aliphatic rings. The van der Waals surface area contributed by atoms with Crippen LogP contribution in [-0.2, 0) is 11.8 Å². The number of rotatable bonds is 3. The summed E-state index contributed by atoms with van der Waals surface area (Å²) in [5.74, 6) is 0. The largest absolute Gasteiger partial charge is 0.384 e. The van der Waals surface area contributed by atoms with Crippen LogP contribution in [0.15, 0.2) is 4.60 Å². The Bertz CT molecular complexity index is 355. The van der Waals surface area contributed by atoms with Gasteiger partial charge in [0.25, 0.3) is 0 Å². The Morgan fingerprint density at radius 2 is 2.12 bits per heavy atom. The lowest BCUT2D eigenvalue weighted by Crippen LogP contribution is -2.36. The molecule has 1 aliphatic carbocycles. The lowest BCUT2D eigenvalue weighted by Gasteiger charge is -2.32. The predicted octanol–water partition coefficient (Wildman–Crippen LogP) is 1.57. The van der Waals surface area contributed by atoms with Crippen LogP contribution in [0.4, 0.5) is 0 Å². The zero-order valence-corrected chi connectivity index (χ0v) is 11.1. The van der Waals surface area contributed by atoms with Crippen molar-refractivity contribution in [3.8, 4) is 0 Å². The summed E-state index contributed by atoms with van der Waals surface area (Å²) >= 11 is 3.31. The number of methoxy groups -OCH3 is 1. The summed E-state index contributed by atoms with van der Waals surface area (Å²) in [4.78, 5) is 0. The van der Waals surface area contributed by atoms with E-state index in [1.54, 1.807) is 18.8 Å². The van der Waals surface area contributed by atoms with E-state index in [0.717, 1.165) is 25.7 Å². The molecule has 1 saturated carbocycles. The normalized spacial score (nSPS) is 21.2. The van der Waals surface area contributed by atoms with E-state index in [9.17, 15) is 5.11 Å². The number of aromatic nitrogens is 3. The summed E-state index contributed by atoms with van der Waals surface area (Å²) in [6, 6.07) is 0. The zero-order chi connectivity index (χ0) is 11.8.